The van der Waals surface area contributed by atoms with Gasteiger partial charge in [0.25, 0.3) is 0 Å². The Kier molecular flexibility index (Phi) is 4.88. The van der Waals surface area contributed by atoms with Gasteiger partial charge in [-0.05, 0) is 30.2 Å². The average Bonchev–Trinajstić information content (AvgIpc) is 3.04. The number of hydrogen-bond donors (Lipinski definition) is 2. The highest BCUT2D eigenvalue weighted by Gasteiger charge is 2.30. The lowest BCUT2D eigenvalue weighted by molar-refractivity contribution is -0.138. The average molecular weight is 329 g/mol. The normalized spacial score (nSPS) is 20.4. The van der Waals surface area contributed by atoms with Gasteiger partial charge in [0.05, 0.1) is 5.37 Å². The molecule has 0 spiro atoms. The predicted molar refractivity (Wildman–Crippen MR) is 91.7 cm³/mol. The van der Waals surface area contributed by atoms with Crippen molar-refractivity contribution in [2.45, 2.75) is 24.9 Å². The number of carbonyl (C=O) groups is 1. The summed E-state index contributed by atoms with van der Waals surface area (Å²) in [4.78, 5) is 11.0. The maximum absolute atomic E-state index is 11.0. The Morgan fingerprint density at radius 1 is 1.30 bits per heavy atom. The zero-order valence-electron chi connectivity index (χ0n) is 12.9. The van der Waals surface area contributed by atoms with Crippen LogP contribution in [0.25, 0.3) is 0 Å². The van der Waals surface area contributed by atoms with Crippen LogP contribution in [-0.4, -0.2) is 22.9 Å². The number of thioether (sulfide) groups is 1. The number of rotatable bonds is 5. The molecule has 3 rings (SSSR count). The molecule has 0 bridgehead atoms. The summed E-state index contributed by atoms with van der Waals surface area (Å²) in [5, 5.41) is 12.2. The predicted octanol–water partition coefficient (Wildman–Crippen LogP) is 3.36. The molecular weight excluding hydrogens is 310 g/mol. The van der Waals surface area contributed by atoms with Crippen molar-refractivity contribution in [3.05, 3.63) is 65.2 Å². The number of nitrogens with one attached hydrogen (secondary N) is 1. The minimum Gasteiger partial charge on any atom is -0.489 e. The summed E-state index contributed by atoms with van der Waals surface area (Å²) in [7, 11) is 0. The number of aliphatic carboxylic acids is 1. The molecule has 2 aromatic carbocycles. The van der Waals surface area contributed by atoms with E-state index in [0.29, 0.717) is 12.4 Å². The molecule has 0 radical (unpaired) electrons. The molecular formula is C18H19NO3S. The second kappa shape index (κ2) is 7.06. The van der Waals surface area contributed by atoms with Gasteiger partial charge in [-0.1, -0.05) is 42.0 Å². The van der Waals surface area contributed by atoms with Crippen molar-refractivity contribution in [2.24, 2.45) is 0 Å². The van der Waals surface area contributed by atoms with Crippen LogP contribution in [0.15, 0.2) is 48.5 Å². The molecule has 1 fully saturated rings. The number of hydrogen-bond acceptors (Lipinski definition) is 4. The molecule has 0 saturated carbocycles. The number of carboxylic acids is 1. The molecule has 1 aliphatic heterocycles. The highest BCUT2D eigenvalue weighted by molar-refractivity contribution is 7.99. The van der Waals surface area contributed by atoms with E-state index in [-0.39, 0.29) is 5.37 Å². The van der Waals surface area contributed by atoms with Gasteiger partial charge in [-0.25, -0.2) is 0 Å². The smallest absolute Gasteiger partial charge is 0.321 e. The highest BCUT2D eigenvalue weighted by atomic mass is 32.2. The van der Waals surface area contributed by atoms with E-state index in [1.807, 2.05) is 36.4 Å². The Labute approximate surface area is 139 Å². The molecule has 1 aliphatic rings. The van der Waals surface area contributed by atoms with Crippen LogP contribution >= 0.6 is 11.8 Å². The highest BCUT2D eigenvalue weighted by Crippen LogP contribution is 2.33. The molecule has 2 N–H and O–H groups in total. The van der Waals surface area contributed by atoms with Crippen molar-refractivity contribution in [3.8, 4) is 5.75 Å². The molecule has 0 aliphatic carbocycles. The molecule has 1 saturated heterocycles. The van der Waals surface area contributed by atoms with Crippen LogP contribution in [0.5, 0.6) is 5.75 Å². The van der Waals surface area contributed by atoms with Crippen molar-refractivity contribution in [3.63, 3.8) is 0 Å². The van der Waals surface area contributed by atoms with E-state index in [4.69, 9.17) is 9.84 Å². The van der Waals surface area contributed by atoms with Gasteiger partial charge in [0.1, 0.15) is 18.4 Å². The van der Waals surface area contributed by atoms with E-state index < -0.39 is 12.0 Å². The molecule has 2 unspecified atom stereocenters. The molecule has 0 aromatic heterocycles. The summed E-state index contributed by atoms with van der Waals surface area (Å²) < 4.78 is 5.80. The van der Waals surface area contributed by atoms with Crippen molar-refractivity contribution >= 4 is 17.7 Å². The standard InChI is InChI=1S/C18H19NO3S/c1-12-3-2-4-13(9-12)10-22-15-7-5-14(6-8-15)17-19-16(11-23-17)18(20)21/h2-9,16-17,19H,10-11H2,1H3,(H,20,21). The largest absolute Gasteiger partial charge is 0.489 e. The lowest BCUT2D eigenvalue weighted by Gasteiger charge is -2.12. The summed E-state index contributed by atoms with van der Waals surface area (Å²) in [6, 6.07) is 15.6. The Balaban J connectivity index is 1.58. The fraction of sp³-hybridized carbons (Fsp3) is 0.278. The van der Waals surface area contributed by atoms with Crippen LogP contribution < -0.4 is 10.1 Å². The van der Waals surface area contributed by atoms with Gasteiger partial charge in [0.15, 0.2) is 0 Å². The van der Waals surface area contributed by atoms with Crippen LogP contribution in [0.3, 0.4) is 0 Å². The Morgan fingerprint density at radius 2 is 2.09 bits per heavy atom. The quantitative estimate of drug-likeness (QED) is 0.881. The summed E-state index contributed by atoms with van der Waals surface area (Å²) in [6.07, 6.45) is 0. The fourth-order valence-electron chi connectivity index (χ4n) is 2.51. The van der Waals surface area contributed by atoms with Gasteiger partial charge in [0, 0.05) is 5.75 Å². The first-order valence-electron chi connectivity index (χ1n) is 7.50. The summed E-state index contributed by atoms with van der Waals surface area (Å²) >= 11 is 1.62. The zero-order chi connectivity index (χ0) is 16.2. The summed E-state index contributed by atoms with van der Waals surface area (Å²) in [6.45, 7) is 2.60. The van der Waals surface area contributed by atoms with Crippen LogP contribution in [0, 0.1) is 6.92 Å². The van der Waals surface area contributed by atoms with Crippen molar-refractivity contribution in [1.82, 2.24) is 5.32 Å². The van der Waals surface area contributed by atoms with Crippen LogP contribution in [-0.2, 0) is 11.4 Å². The molecule has 1 heterocycles. The minimum absolute atomic E-state index is 0.0296. The summed E-state index contributed by atoms with van der Waals surface area (Å²) in [5.74, 6) is 0.608. The molecule has 2 atom stereocenters. The lowest BCUT2D eigenvalue weighted by Crippen LogP contribution is -2.33. The Bertz CT molecular complexity index is 687. The number of benzene rings is 2. The molecule has 2 aromatic rings. The monoisotopic (exact) mass is 329 g/mol. The SMILES string of the molecule is Cc1cccc(COc2ccc(C3NC(C(=O)O)CS3)cc2)c1. The topological polar surface area (TPSA) is 58.6 Å². The third-order valence-electron chi connectivity index (χ3n) is 3.75. The third-order valence-corrected chi connectivity index (χ3v) is 5.02. The van der Waals surface area contributed by atoms with Gasteiger partial charge in [0.2, 0.25) is 0 Å². The first kappa shape index (κ1) is 15.9. The van der Waals surface area contributed by atoms with Crippen molar-refractivity contribution in [2.75, 3.05) is 5.75 Å². The number of aryl methyl sites for hydroxylation is 1. The van der Waals surface area contributed by atoms with E-state index in [1.165, 1.54) is 5.56 Å². The third kappa shape index (κ3) is 4.06. The second-order valence-corrected chi connectivity index (χ2v) is 6.76. The molecule has 0 amide bonds. The van der Waals surface area contributed by atoms with E-state index >= 15 is 0 Å². The van der Waals surface area contributed by atoms with Gasteiger partial charge in [-0.2, -0.15) is 0 Å². The van der Waals surface area contributed by atoms with Gasteiger partial charge in [-0.15, -0.1) is 11.8 Å². The van der Waals surface area contributed by atoms with Crippen molar-refractivity contribution in [1.29, 1.82) is 0 Å². The second-order valence-electron chi connectivity index (χ2n) is 5.62. The molecule has 5 heteroatoms. The van der Waals surface area contributed by atoms with E-state index in [1.54, 1.807) is 11.8 Å². The van der Waals surface area contributed by atoms with Crippen LogP contribution in [0.4, 0.5) is 0 Å². The van der Waals surface area contributed by atoms with Gasteiger partial charge in [-0.3, -0.25) is 10.1 Å². The van der Waals surface area contributed by atoms with Crippen LogP contribution in [0.1, 0.15) is 22.1 Å². The first-order valence-corrected chi connectivity index (χ1v) is 8.55. The fourth-order valence-corrected chi connectivity index (χ4v) is 3.75. The molecule has 4 nitrogen and oxygen atoms in total. The molecule has 23 heavy (non-hydrogen) atoms. The van der Waals surface area contributed by atoms with E-state index in [9.17, 15) is 4.79 Å². The Morgan fingerprint density at radius 3 is 2.74 bits per heavy atom. The van der Waals surface area contributed by atoms with E-state index in [2.05, 4.69) is 24.4 Å². The first-order chi connectivity index (χ1) is 11.1. The maximum Gasteiger partial charge on any atom is 0.321 e. The number of ether oxygens (including phenoxy) is 1. The number of carboxylic acid groups (broad SMARTS) is 1. The minimum atomic E-state index is -0.793. The maximum atomic E-state index is 11.0. The van der Waals surface area contributed by atoms with E-state index in [0.717, 1.165) is 16.9 Å². The zero-order valence-corrected chi connectivity index (χ0v) is 13.7. The summed E-state index contributed by atoms with van der Waals surface area (Å²) in [5.41, 5.74) is 3.44. The Hall–Kier alpha value is -1.98. The van der Waals surface area contributed by atoms with Gasteiger partial charge < -0.3 is 9.84 Å². The van der Waals surface area contributed by atoms with Gasteiger partial charge >= 0.3 is 5.97 Å². The lowest BCUT2D eigenvalue weighted by atomic mass is 10.1. The van der Waals surface area contributed by atoms with Crippen molar-refractivity contribution < 1.29 is 14.6 Å². The van der Waals surface area contributed by atoms with Crippen LogP contribution in [0.2, 0.25) is 0 Å². The molecule has 120 valence electrons.